The van der Waals surface area contributed by atoms with Gasteiger partial charge in [-0.2, -0.15) is 4.31 Å². The van der Waals surface area contributed by atoms with Crippen LogP contribution in [0.4, 0.5) is 0 Å². The first-order valence-electron chi connectivity index (χ1n) is 12.2. The number of methoxy groups -OCH3 is 1. The largest absolute Gasteiger partial charge is 0.493 e. The maximum absolute atomic E-state index is 13.7. The van der Waals surface area contributed by atoms with Crippen LogP contribution in [0.5, 0.6) is 11.5 Å². The summed E-state index contributed by atoms with van der Waals surface area (Å²) in [5.41, 5.74) is 1.05. The number of halogens is 1. The molecule has 0 radical (unpaired) electrons. The number of hydrogen-bond donors (Lipinski definition) is 0. The number of para-hydroxylation sites is 2. The number of sulfonamides is 1. The molecule has 10 heteroatoms. The van der Waals surface area contributed by atoms with Gasteiger partial charge in [0.15, 0.2) is 11.5 Å². The van der Waals surface area contributed by atoms with Gasteiger partial charge in [-0.25, -0.2) is 8.42 Å². The van der Waals surface area contributed by atoms with Crippen molar-refractivity contribution in [3.8, 4) is 11.5 Å². The maximum atomic E-state index is 13.7. The van der Waals surface area contributed by atoms with Crippen molar-refractivity contribution in [1.82, 2.24) is 9.21 Å². The average Bonchev–Trinajstić information content (AvgIpc) is 3.59. The second-order valence-corrected chi connectivity index (χ2v) is 12.7. The SMILES string of the molecule is COc1ccccc1OC[C@@H]1c2ccsc2CCN1C(=O)CN(CC1CC1)S(=O)(=O)c1ccc(Cl)cc1. The summed E-state index contributed by atoms with van der Waals surface area (Å²) in [5, 5.41) is 2.49. The van der Waals surface area contributed by atoms with Crippen molar-refractivity contribution >= 4 is 38.9 Å². The van der Waals surface area contributed by atoms with Gasteiger partial charge >= 0.3 is 0 Å². The lowest BCUT2D eigenvalue weighted by Crippen LogP contribution is -2.48. The van der Waals surface area contributed by atoms with E-state index in [-0.39, 0.29) is 35.9 Å². The highest BCUT2D eigenvalue weighted by Crippen LogP contribution is 2.36. The predicted molar refractivity (Wildman–Crippen MR) is 144 cm³/mol. The van der Waals surface area contributed by atoms with Gasteiger partial charge in [0.25, 0.3) is 0 Å². The Hall–Kier alpha value is -2.59. The van der Waals surface area contributed by atoms with Gasteiger partial charge in [-0.3, -0.25) is 4.79 Å². The topological polar surface area (TPSA) is 76.2 Å². The van der Waals surface area contributed by atoms with E-state index in [1.807, 2.05) is 35.7 Å². The second-order valence-electron chi connectivity index (χ2n) is 9.31. The number of carbonyl (C=O) groups excluding carboxylic acids is 1. The number of thiophene rings is 1. The molecule has 1 aromatic heterocycles. The molecule has 1 saturated carbocycles. The minimum Gasteiger partial charge on any atom is -0.493 e. The molecule has 0 N–H and O–H groups in total. The van der Waals surface area contributed by atoms with Crippen LogP contribution < -0.4 is 9.47 Å². The van der Waals surface area contributed by atoms with Gasteiger partial charge in [0.1, 0.15) is 6.61 Å². The summed E-state index contributed by atoms with van der Waals surface area (Å²) in [7, 11) is -2.27. The Labute approximate surface area is 226 Å². The molecule has 2 heterocycles. The van der Waals surface area contributed by atoms with Gasteiger partial charge in [0.2, 0.25) is 15.9 Å². The number of fused-ring (bicyclic) bond motifs is 1. The van der Waals surface area contributed by atoms with E-state index in [9.17, 15) is 13.2 Å². The zero-order valence-corrected chi connectivity index (χ0v) is 22.9. The Morgan fingerprint density at radius 3 is 2.54 bits per heavy atom. The Morgan fingerprint density at radius 1 is 1.11 bits per heavy atom. The third-order valence-electron chi connectivity index (χ3n) is 6.80. The number of carbonyl (C=O) groups is 1. The van der Waals surface area contributed by atoms with E-state index in [2.05, 4.69) is 0 Å². The molecule has 1 atom stereocenters. The van der Waals surface area contributed by atoms with Crippen LogP contribution >= 0.6 is 22.9 Å². The minimum absolute atomic E-state index is 0.139. The monoisotopic (exact) mass is 560 g/mol. The van der Waals surface area contributed by atoms with Gasteiger partial charge in [-0.05, 0) is 78.6 Å². The summed E-state index contributed by atoms with van der Waals surface area (Å²) in [5.74, 6) is 1.26. The van der Waals surface area contributed by atoms with Gasteiger partial charge in [0, 0.05) is 23.0 Å². The molecule has 3 aromatic rings. The molecular weight excluding hydrogens is 532 g/mol. The Balaban J connectivity index is 1.38. The van der Waals surface area contributed by atoms with Crippen molar-refractivity contribution in [2.24, 2.45) is 5.92 Å². The minimum atomic E-state index is -3.86. The third-order valence-corrected chi connectivity index (χ3v) is 9.88. The van der Waals surface area contributed by atoms with Gasteiger partial charge in [-0.15, -0.1) is 11.3 Å². The van der Waals surface area contributed by atoms with Crippen LogP contribution in [0.3, 0.4) is 0 Å². The Morgan fingerprint density at radius 2 is 1.84 bits per heavy atom. The smallest absolute Gasteiger partial charge is 0.243 e. The molecule has 1 fully saturated rings. The highest BCUT2D eigenvalue weighted by atomic mass is 35.5. The van der Waals surface area contributed by atoms with E-state index in [0.717, 1.165) is 24.8 Å². The molecule has 2 aromatic carbocycles. The zero-order valence-electron chi connectivity index (χ0n) is 20.5. The molecule has 0 spiro atoms. The van der Waals surface area contributed by atoms with E-state index in [1.54, 1.807) is 35.5 Å². The summed E-state index contributed by atoms with van der Waals surface area (Å²) in [6.07, 6.45) is 2.67. The second kappa shape index (κ2) is 11.0. The number of amides is 1. The lowest BCUT2D eigenvalue weighted by atomic mass is 10.0. The molecule has 0 bridgehead atoms. The van der Waals surface area contributed by atoms with Crippen LogP contribution in [0, 0.1) is 5.92 Å². The molecule has 0 unspecified atom stereocenters. The molecule has 196 valence electrons. The molecule has 37 heavy (non-hydrogen) atoms. The first-order chi connectivity index (χ1) is 17.9. The van der Waals surface area contributed by atoms with Crippen LogP contribution in [-0.4, -0.2) is 56.9 Å². The summed E-state index contributed by atoms with van der Waals surface area (Å²) in [4.78, 5) is 16.9. The van der Waals surface area contributed by atoms with Crippen molar-refractivity contribution in [3.63, 3.8) is 0 Å². The van der Waals surface area contributed by atoms with Crippen molar-refractivity contribution < 1.29 is 22.7 Å². The van der Waals surface area contributed by atoms with Crippen LogP contribution in [0.15, 0.2) is 64.9 Å². The van der Waals surface area contributed by atoms with Gasteiger partial charge in [-0.1, -0.05) is 23.7 Å². The van der Waals surface area contributed by atoms with Crippen LogP contribution in [0.25, 0.3) is 0 Å². The number of ether oxygens (including phenoxy) is 2. The fourth-order valence-corrected chi connectivity index (χ4v) is 7.13. The highest BCUT2D eigenvalue weighted by molar-refractivity contribution is 7.89. The predicted octanol–water partition coefficient (Wildman–Crippen LogP) is 5.02. The fourth-order valence-electron chi connectivity index (χ4n) is 4.61. The summed E-state index contributed by atoms with van der Waals surface area (Å²) >= 11 is 7.64. The third kappa shape index (κ3) is 5.80. The molecule has 1 aliphatic heterocycles. The zero-order chi connectivity index (χ0) is 26.0. The van der Waals surface area contributed by atoms with E-state index >= 15 is 0 Å². The van der Waals surface area contributed by atoms with Gasteiger partial charge < -0.3 is 14.4 Å². The average molecular weight is 561 g/mol. The number of nitrogens with zero attached hydrogens (tertiary/aromatic N) is 2. The number of hydrogen-bond acceptors (Lipinski definition) is 6. The van der Waals surface area contributed by atoms with Crippen LogP contribution in [0.2, 0.25) is 5.02 Å². The maximum Gasteiger partial charge on any atom is 0.243 e. The fraction of sp³-hybridized carbons (Fsp3) is 0.370. The van der Waals surface area contributed by atoms with Crippen molar-refractivity contribution in [2.75, 3.05) is 33.4 Å². The van der Waals surface area contributed by atoms with E-state index < -0.39 is 10.0 Å². The van der Waals surface area contributed by atoms with E-state index in [1.165, 1.54) is 21.3 Å². The molecule has 0 saturated heterocycles. The quantitative estimate of drug-likeness (QED) is 0.348. The van der Waals surface area contributed by atoms with E-state index in [0.29, 0.717) is 29.6 Å². The molecule has 1 aliphatic carbocycles. The molecular formula is C27H29ClN2O5S2. The highest BCUT2D eigenvalue weighted by Gasteiger charge is 2.37. The standard InChI is InChI=1S/C27H29ClN2O5S2/c1-34-24-4-2-3-5-25(24)35-18-23-22-13-15-36-26(22)12-14-30(23)27(31)17-29(16-19-6-7-19)37(32,33)21-10-8-20(28)9-11-21/h2-5,8-11,13,15,19,23H,6-7,12,14,16-18H2,1H3/t23-/m1/s1. The van der Waals surface area contributed by atoms with Crippen LogP contribution in [0.1, 0.15) is 29.3 Å². The molecule has 2 aliphatic rings. The lowest BCUT2D eigenvalue weighted by Gasteiger charge is -2.37. The van der Waals surface area contributed by atoms with Crippen molar-refractivity contribution in [1.29, 1.82) is 0 Å². The summed E-state index contributed by atoms with van der Waals surface area (Å²) in [6.45, 7) is 0.857. The normalized spacial score (nSPS) is 17.5. The first kappa shape index (κ1) is 26.0. The molecule has 7 nitrogen and oxygen atoms in total. The van der Waals surface area contributed by atoms with Crippen molar-refractivity contribution in [2.45, 2.75) is 30.2 Å². The molecule has 5 rings (SSSR count). The Kier molecular flexibility index (Phi) is 7.76. The lowest BCUT2D eigenvalue weighted by molar-refractivity contribution is -0.135. The number of benzene rings is 2. The Bertz CT molecular complexity index is 1360. The van der Waals surface area contributed by atoms with Crippen LogP contribution in [-0.2, 0) is 21.2 Å². The summed E-state index contributed by atoms with van der Waals surface area (Å²) < 4.78 is 39.9. The van der Waals surface area contributed by atoms with Gasteiger partial charge in [0.05, 0.1) is 24.6 Å². The van der Waals surface area contributed by atoms with Crippen molar-refractivity contribution in [3.05, 3.63) is 75.4 Å². The summed E-state index contributed by atoms with van der Waals surface area (Å²) in [6, 6.07) is 15.2. The van der Waals surface area contributed by atoms with E-state index in [4.69, 9.17) is 21.1 Å². The first-order valence-corrected chi connectivity index (χ1v) is 14.9. The number of rotatable bonds is 10. The molecule has 1 amide bonds.